The van der Waals surface area contributed by atoms with Gasteiger partial charge in [-0.25, -0.2) is 0 Å². The number of quaternary nitrogens is 1. The van der Waals surface area contributed by atoms with Gasteiger partial charge in [0, 0.05) is 4.47 Å². The lowest BCUT2D eigenvalue weighted by atomic mass is 10.2. The van der Waals surface area contributed by atoms with Crippen molar-refractivity contribution < 1.29 is 14.5 Å². The molecule has 0 saturated heterocycles. The molecule has 1 aromatic heterocycles. The van der Waals surface area contributed by atoms with Gasteiger partial charge in [0.1, 0.15) is 6.04 Å². The Morgan fingerprint density at radius 3 is 2.90 bits per heavy atom. The smallest absolute Gasteiger partial charge is 0.279 e. The van der Waals surface area contributed by atoms with Crippen LogP contribution in [0.15, 0.2) is 45.5 Å². The second-order valence-electron chi connectivity index (χ2n) is 4.78. The van der Waals surface area contributed by atoms with Crippen LogP contribution in [-0.2, 0) is 4.79 Å². The Balaban J connectivity index is 1.86. The maximum absolute atomic E-state index is 11.9. The average Bonchev–Trinajstić information content (AvgIpc) is 2.93. The summed E-state index contributed by atoms with van der Waals surface area (Å²) in [5.41, 5.74) is 1.94. The van der Waals surface area contributed by atoms with Gasteiger partial charge < -0.3 is 15.1 Å². The molecule has 1 atom stereocenters. The summed E-state index contributed by atoms with van der Waals surface area (Å²) in [4.78, 5) is 11.9. The lowest BCUT2D eigenvalue weighted by Crippen LogP contribution is -2.86. The minimum Gasteiger partial charge on any atom is -0.463 e. The molecule has 0 aliphatic heterocycles. The first kappa shape index (κ1) is 14.8. The first-order chi connectivity index (χ1) is 9.56. The molecule has 0 saturated carbocycles. The molecule has 0 aliphatic rings. The van der Waals surface area contributed by atoms with Gasteiger partial charge in [-0.05, 0) is 59.6 Å². The van der Waals surface area contributed by atoms with E-state index in [9.17, 15) is 4.79 Å². The van der Waals surface area contributed by atoms with Crippen LogP contribution in [0.3, 0.4) is 0 Å². The fourth-order valence-corrected chi connectivity index (χ4v) is 2.47. The SMILES string of the molecule is Cc1ccc(NC(=O)C[NH2+][C@H](C)c2ccco2)c(Br)c1. The highest BCUT2D eigenvalue weighted by molar-refractivity contribution is 9.10. The quantitative estimate of drug-likeness (QED) is 0.880. The van der Waals surface area contributed by atoms with Crippen molar-refractivity contribution in [3.8, 4) is 0 Å². The summed E-state index contributed by atoms with van der Waals surface area (Å²) in [6.07, 6.45) is 1.64. The molecule has 1 heterocycles. The zero-order valence-electron chi connectivity index (χ0n) is 11.5. The number of amides is 1. The Bertz CT molecular complexity index is 582. The van der Waals surface area contributed by atoms with Gasteiger partial charge in [0.2, 0.25) is 0 Å². The highest BCUT2D eigenvalue weighted by atomic mass is 79.9. The predicted octanol–water partition coefficient (Wildman–Crippen LogP) is 2.61. The molecule has 1 aromatic carbocycles. The van der Waals surface area contributed by atoms with Crippen LogP contribution in [0.2, 0.25) is 0 Å². The van der Waals surface area contributed by atoms with Gasteiger partial charge in [-0.1, -0.05) is 6.07 Å². The third-order valence-electron chi connectivity index (χ3n) is 3.05. The molecule has 106 valence electrons. The molecule has 2 aromatic rings. The third-order valence-corrected chi connectivity index (χ3v) is 3.70. The van der Waals surface area contributed by atoms with Gasteiger partial charge in [-0.15, -0.1) is 0 Å². The van der Waals surface area contributed by atoms with Crippen molar-refractivity contribution in [2.75, 3.05) is 11.9 Å². The highest BCUT2D eigenvalue weighted by Crippen LogP contribution is 2.23. The molecular formula is C15H18BrN2O2+. The van der Waals surface area contributed by atoms with E-state index in [2.05, 4.69) is 21.2 Å². The third kappa shape index (κ3) is 3.95. The molecule has 1 amide bonds. The predicted molar refractivity (Wildman–Crippen MR) is 81.4 cm³/mol. The number of aryl methyl sites for hydroxylation is 1. The van der Waals surface area contributed by atoms with Crippen LogP contribution in [0, 0.1) is 6.92 Å². The van der Waals surface area contributed by atoms with E-state index in [1.54, 1.807) is 6.26 Å². The Morgan fingerprint density at radius 2 is 2.25 bits per heavy atom. The van der Waals surface area contributed by atoms with Gasteiger partial charge in [-0.3, -0.25) is 4.79 Å². The number of nitrogens with one attached hydrogen (secondary N) is 1. The zero-order valence-corrected chi connectivity index (χ0v) is 13.1. The van der Waals surface area contributed by atoms with Crippen molar-refractivity contribution in [1.29, 1.82) is 0 Å². The van der Waals surface area contributed by atoms with Crippen molar-refractivity contribution in [2.24, 2.45) is 0 Å². The Morgan fingerprint density at radius 1 is 1.45 bits per heavy atom. The van der Waals surface area contributed by atoms with Crippen molar-refractivity contribution in [3.05, 3.63) is 52.4 Å². The first-order valence-corrected chi connectivity index (χ1v) is 7.28. The summed E-state index contributed by atoms with van der Waals surface area (Å²) in [6, 6.07) is 9.73. The van der Waals surface area contributed by atoms with E-state index in [1.807, 2.05) is 49.5 Å². The normalized spacial score (nSPS) is 12.2. The maximum Gasteiger partial charge on any atom is 0.279 e. The minimum absolute atomic E-state index is 0.0343. The van der Waals surface area contributed by atoms with Crippen molar-refractivity contribution in [2.45, 2.75) is 19.9 Å². The summed E-state index contributed by atoms with van der Waals surface area (Å²) in [6.45, 7) is 4.37. The number of halogens is 1. The summed E-state index contributed by atoms with van der Waals surface area (Å²) in [5, 5.41) is 4.83. The number of rotatable bonds is 5. The largest absolute Gasteiger partial charge is 0.463 e. The van der Waals surface area contributed by atoms with Crippen LogP contribution in [0.1, 0.15) is 24.3 Å². The fraction of sp³-hybridized carbons (Fsp3) is 0.267. The Labute approximate surface area is 126 Å². The highest BCUT2D eigenvalue weighted by Gasteiger charge is 2.14. The number of anilines is 1. The molecule has 5 heteroatoms. The van der Waals surface area contributed by atoms with Crippen molar-refractivity contribution >= 4 is 27.5 Å². The second kappa shape index (κ2) is 6.72. The second-order valence-corrected chi connectivity index (χ2v) is 5.63. The summed E-state index contributed by atoms with van der Waals surface area (Å²) in [7, 11) is 0. The van der Waals surface area contributed by atoms with Gasteiger partial charge in [0.15, 0.2) is 12.3 Å². The van der Waals surface area contributed by atoms with E-state index in [4.69, 9.17) is 4.42 Å². The average molecular weight is 338 g/mol. The molecule has 2 rings (SSSR count). The number of hydrogen-bond acceptors (Lipinski definition) is 2. The summed E-state index contributed by atoms with van der Waals surface area (Å²) < 4.78 is 6.20. The van der Waals surface area contributed by atoms with Gasteiger partial charge >= 0.3 is 0 Å². The number of carbonyl (C=O) groups is 1. The van der Waals surface area contributed by atoms with E-state index in [0.29, 0.717) is 6.54 Å². The molecule has 0 fully saturated rings. The van der Waals surface area contributed by atoms with Crippen molar-refractivity contribution in [3.63, 3.8) is 0 Å². The molecule has 4 nitrogen and oxygen atoms in total. The Kier molecular flexibility index (Phi) is 4.98. The summed E-state index contributed by atoms with van der Waals surface area (Å²) in [5.74, 6) is 0.835. The fourth-order valence-electron chi connectivity index (χ4n) is 1.87. The van der Waals surface area contributed by atoms with E-state index in [0.717, 1.165) is 21.5 Å². The maximum atomic E-state index is 11.9. The monoisotopic (exact) mass is 337 g/mol. The lowest BCUT2D eigenvalue weighted by molar-refractivity contribution is -0.684. The molecule has 0 unspecified atom stereocenters. The van der Waals surface area contributed by atoms with Crippen LogP contribution >= 0.6 is 15.9 Å². The van der Waals surface area contributed by atoms with E-state index >= 15 is 0 Å². The molecule has 0 bridgehead atoms. The standard InChI is InChI=1S/C15H17BrN2O2/c1-10-5-6-13(12(16)8-10)18-15(19)9-17-11(2)14-4-3-7-20-14/h3-8,11,17H,9H2,1-2H3,(H,18,19)/p+1/t11-/m1/s1. The number of nitrogens with two attached hydrogens (primary N) is 1. The number of hydrogen-bond donors (Lipinski definition) is 2. The van der Waals surface area contributed by atoms with Gasteiger partial charge in [0.05, 0.1) is 12.0 Å². The number of benzene rings is 1. The number of furan rings is 1. The van der Waals surface area contributed by atoms with Crippen molar-refractivity contribution in [1.82, 2.24) is 0 Å². The zero-order chi connectivity index (χ0) is 14.5. The first-order valence-electron chi connectivity index (χ1n) is 6.49. The molecule has 0 spiro atoms. The molecular weight excluding hydrogens is 320 g/mol. The van der Waals surface area contributed by atoms with Crippen LogP contribution in [0.25, 0.3) is 0 Å². The molecule has 0 radical (unpaired) electrons. The van der Waals surface area contributed by atoms with Gasteiger partial charge in [0.25, 0.3) is 5.91 Å². The van der Waals surface area contributed by atoms with E-state index in [-0.39, 0.29) is 11.9 Å². The van der Waals surface area contributed by atoms with Crippen LogP contribution < -0.4 is 10.6 Å². The summed E-state index contributed by atoms with van der Waals surface area (Å²) >= 11 is 3.45. The van der Waals surface area contributed by atoms with Crippen LogP contribution in [0.5, 0.6) is 0 Å². The lowest BCUT2D eigenvalue weighted by Gasteiger charge is -2.10. The van der Waals surface area contributed by atoms with Gasteiger partial charge in [-0.2, -0.15) is 0 Å². The number of carbonyl (C=O) groups excluding carboxylic acids is 1. The van der Waals surface area contributed by atoms with E-state index < -0.39 is 0 Å². The van der Waals surface area contributed by atoms with Crippen LogP contribution in [0.4, 0.5) is 5.69 Å². The van der Waals surface area contributed by atoms with E-state index in [1.165, 1.54) is 0 Å². The molecule has 0 aliphatic carbocycles. The topological polar surface area (TPSA) is 58.9 Å². The van der Waals surface area contributed by atoms with Crippen LogP contribution in [-0.4, -0.2) is 12.5 Å². The minimum atomic E-state index is -0.0343. The molecule has 3 N–H and O–H groups in total. The Hall–Kier alpha value is -1.59. The molecule has 20 heavy (non-hydrogen) atoms.